The van der Waals surface area contributed by atoms with E-state index in [0.29, 0.717) is 6.42 Å². The molecule has 0 heterocycles. The zero-order chi connectivity index (χ0) is 12.0. The van der Waals surface area contributed by atoms with E-state index in [1.54, 1.807) is 0 Å². The molecule has 0 aliphatic carbocycles. The van der Waals surface area contributed by atoms with Crippen LogP contribution in [0.3, 0.4) is 0 Å². The Kier molecular flexibility index (Phi) is 4.80. The topological polar surface area (TPSA) is 26.0 Å². The van der Waals surface area contributed by atoms with Crippen LogP contribution in [-0.4, -0.2) is 12.7 Å². The highest BCUT2D eigenvalue weighted by atomic mass is 19.4. The van der Waals surface area contributed by atoms with Gasteiger partial charge in [-0.3, -0.25) is 0 Å². The molecule has 0 aliphatic rings. The Hall–Kier alpha value is -1.03. The molecule has 0 bridgehead atoms. The Morgan fingerprint density at radius 1 is 1.06 bits per heavy atom. The molecule has 0 amide bonds. The molecule has 0 saturated carbocycles. The van der Waals surface area contributed by atoms with Gasteiger partial charge < -0.3 is 5.73 Å². The maximum Gasteiger partial charge on any atom is 0.391 e. The van der Waals surface area contributed by atoms with Crippen molar-refractivity contribution in [2.75, 3.05) is 6.54 Å². The van der Waals surface area contributed by atoms with E-state index in [2.05, 4.69) is 0 Å². The third kappa shape index (κ3) is 4.23. The van der Waals surface area contributed by atoms with E-state index < -0.39 is 12.1 Å². The monoisotopic (exact) mass is 231 g/mol. The van der Waals surface area contributed by atoms with Crippen LogP contribution in [0.1, 0.15) is 18.4 Å². The minimum absolute atomic E-state index is 0.0103. The van der Waals surface area contributed by atoms with E-state index in [1.165, 1.54) is 0 Å². The molecule has 4 heteroatoms. The molecule has 1 atom stereocenters. The van der Waals surface area contributed by atoms with Crippen molar-refractivity contribution in [2.45, 2.75) is 25.4 Å². The Morgan fingerprint density at radius 3 is 2.19 bits per heavy atom. The van der Waals surface area contributed by atoms with E-state index in [1.807, 2.05) is 30.3 Å². The molecule has 1 nitrogen and oxygen atoms in total. The largest absolute Gasteiger partial charge is 0.391 e. The molecule has 1 aromatic rings. The van der Waals surface area contributed by atoms with E-state index in [0.717, 1.165) is 5.56 Å². The quantitative estimate of drug-likeness (QED) is 0.827. The first-order valence-electron chi connectivity index (χ1n) is 5.34. The molecule has 1 rings (SSSR count). The maximum atomic E-state index is 12.6. The fraction of sp³-hybridized carbons (Fsp3) is 0.500. The minimum Gasteiger partial charge on any atom is -0.330 e. The van der Waals surface area contributed by atoms with Gasteiger partial charge >= 0.3 is 6.18 Å². The van der Waals surface area contributed by atoms with Gasteiger partial charge in [0.2, 0.25) is 0 Å². The fourth-order valence-corrected chi connectivity index (χ4v) is 1.66. The van der Waals surface area contributed by atoms with Crippen LogP contribution < -0.4 is 5.73 Å². The van der Waals surface area contributed by atoms with Crippen LogP contribution in [0, 0.1) is 5.92 Å². The molecule has 0 spiro atoms. The SMILES string of the molecule is NCC[C@@H](CCc1ccccc1)C(F)(F)F. The van der Waals surface area contributed by atoms with Crippen molar-refractivity contribution in [3.63, 3.8) is 0 Å². The lowest BCUT2D eigenvalue weighted by atomic mass is 9.96. The van der Waals surface area contributed by atoms with E-state index in [9.17, 15) is 13.2 Å². The summed E-state index contributed by atoms with van der Waals surface area (Å²) in [6, 6.07) is 9.21. The predicted octanol–water partition coefficient (Wildman–Crippen LogP) is 3.15. The Morgan fingerprint density at radius 2 is 1.69 bits per heavy atom. The summed E-state index contributed by atoms with van der Waals surface area (Å²) in [5.41, 5.74) is 6.13. The van der Waals surface area contributed by atoms with Crippen molar-refractivity contribution in [3.05, 3.63) is 35.9 Å². The molecule has 90 valence electrons. The number of rotatable bonds is 5. The third-order valence-electron chi connectivity index (χ3n) is 2.60. The van der Waals surface area contributed by atoms with Crippen LogP contribution in [0.25, 0.3) is 0 Å². The number of hydrogen-bond donors (Lipinski definition) is 1. The molecule has 0 saturated heterocycles. The number of halogens is 3. The molecule has 16 heavy (non-hydrogen) atoms. The first-order valence-corrected chi connectivity index (χ1v) is 5.34. The van der Waals surface area contributed by atoms with Crippen molar-refractivity contribution in [3.8, 4) is 0 Å². The summed E-state index contributed by atoms with van der Waals surface area (Å²) in [5, 5.41) is 0. The highest BCUT2D eigenvalue weighted by Crippen LogP contribution is 2.32. The normalized spacial score (nSPS) is 13.8. The van der Waals surface area contributed by atoms with Gasteiger partial charge in [-0.2, -0.15) is 13.2 Å². The van der Waals surface area contributed by atoms with Gasteiger partial charge in [0.25, 0.3) is 0 Å². The number of benzene rings is 1. The number of nitrogens with two attached hydrogens (primary N) is 1. The van der Waals surface area contributed by atoms with Gasteiger partial charge in [-0.25, -0.2) is 0 Å². The molecule has 0 fully saturated rings. The number of aryl methyl sites for hydroxylation is 1. The summed E-state index contributed by atoms with van der Waals surface area (Å²) >= 11 is 0. The van der Waals surface area contributed by atoms with Gasteiger partial charge in [0.05, 0.1) is 5.92 Å². The molecule has 1 aromatic carbocycles. The Bertz CT molecular complexity index is 295. The predicted molar refractivity (Wildman–Crippen MR) is 58.0 cm³/mol. The zero-order valence-corrected chi connectivity index (χ0v) is 9.00. The van der Waals surface area contributed by atoms with Gasteiger partial charge in [-0.1, -0.05) is 30.3 Å². The van der Waals surface area contributed by atoms with Crippen LogP contribution in [0.15, 0.2) is 30.3 Å². The van der Waals surface area contributed by atoms with Gasteiger partial charge in [-0.15, -0.1) is 0 Å². The lowest BCUT2D eigenvalue weighted by Crippen LogP contribution is -2.26. The first kappa shape index (κ1) is 13.0. The first-order chi connectivity index (χ1) is 7.54. The average molecular weight is 231 g/mol. The highest BCUT2D eigenvalue weighted by molar-refractivity contribution is 5.14. The van der Waals surface area contributed by atoms with Crippen molar-refractivity contribution >= 4 is 0 Å². The molecular formula is C12H16F3N. The number of alkyl halides is 3. The standard InChI is InChI=1S/C12H16F3N/c13-12(14,15)11(8-9-16)7-6-10-4-2-1-3-5-10/h1-5,11H,6-9,16H2/t11-/m1/s1. The summed E-state index contributed by atoms with van der Waals surface area (Å²) in [4.78, 5) is 0. The molecule has 0 aliphatic heterocycles. The summed E-state index contributed by atoms with van der Waals surface area (Å²) in [7, 11) is 0. The van der Waals surface area contributed by atoms with Gasteiger partial charge in [0.15, 0.2) is 0 Å². The van der Waals surface area contributed by atoms with Crippen LogP contribution >= 0.6 is 0 Å². The van der Waals surface area contributed by atoms with Crippen molar-refractivity contribution in [1.82, 2.24) is 0 Å². The molecule has 0 unspecified atom stereocenters. The molecule has 0 radical (unpaired) electrons. The van der Waals surface area contributed by atoms with Gasteiger partial charge in [0, 0.05) is 0 Å². The Balaban J connectivity index is 2.51. The van der Waals surface area contributed by atoms with Crippen molar-refractivity contribution in [2.24, 2.45) is 11.7 Å². The van der Waals surface area contributed by atoms with Gasteiger partial charge in [-0.05, 0) is 31.4 Å². The summed E-state index contributed by atoms with van der Waals surface area (Å²) in [6.07, 6.45) is -3.56. The zero-order valence-electron chi connectivity index (χ0n) is 9.00. The van der Waals surface area contributed by atoms with Crippen LogP contribution in [0.4, 0.5) is 13.2 Å². The second kappa shape index (κ2) is 5.89. The second-order valence-corrected chi connectivity index (χ2v) is 3.84. The van der Waals surface area contributed by atoms with E-state index in [4.69, 9.17) is 5.73 Å². The average Bonchev–Trinajstić information content (AvgIpc) is 2.24. The van der Waals surface area contributed by atoms with E-state index >= 15 is 0 Å². The Labute approximate surface area is 93.5 Å². The molecule has 2 N–H and O–H groups in total. The summed E-state index contributed by atoms with van der Waals surface area (Å²) < 4.78 is 37.7. The second-order valence-electron chi connectivity index (χ2n) is 3.84. The smallest absolute Gasteiger partial charge is 0.330 e. The molecule has 0 aromatic heterocycles. The fourth-order valence-electron chi connectivity index (χ4n) is 1.66. The molecular weight excluding hydrogens is 215 g/mol. The summed E-state index contributed by atoms with van der Waals surface area (Å²) in [5.74, 6) is -1.28. The summed E-state index contributed by atoms with van der Waals surface area (Å²) in [6.45, 7) is 0.0823. The number of hydrogen-bond acceptors (Lipinski definition) is 1. The maximum absolute atomic E-state index is 12.6. The van der Waals surface area contributed by atoms with Crippen LogP contribution in [0.5, 0.6) is 0 Å². The lowest BCUT2D eigenvalue weighted by Gasteiger charge is -2.19. The van der Waals surface area contributed by atoms with Crippen molar-refractivity contribution < 1.29 is 13.2 Å². The van der Waals surface area contributed by atoms with Gasteiger partial charge in [0.1, 0.15) is 0 Å². The third-order valence-corrected chi connectivity index (χ3v) is 2.60. The van der Waals surface area contributed by atoms with Crippen molar-refractivity contribution in [1.29, 1.82) is 0 Å². The van der Waals surface area contributed by atoms with Crippen LogP contribution in [-0.2, 0) is 6.42 Å². The van der Waals surface area contributed by atoms with E-state index in [-0.39, 0.29) is 19.4 Å². The van der Waals surface area contributed by atoms with Crippen LogP contribution in [0.2, 0.25) is 0 Å². The minimum atomic E-state index is -4.13. The lowest BCUT2D eigenvalue weighted by molar-refractivity contribution is -0.177. The highest BCUT2D eigenvalue weighted by Gasteiger charge is 2.38.